The maximum absolute atomic E-state index is 12.7. The molecule has 3 N–H and O–H groups in total. The maximum Gasteiger partial charge on any atom is 0.223 e. The van der Waals surface area contributed by atoms with Crippen LogP contribution in [-0.4, -0.2) is 18.6 Å². The Morgan fingerprint density at radius 3 is 2.71 bits per heavy atom. The number of hydrogen-bond donors (Lipinski definition) is 2. The van der Waals surface area contributed by atoms with Crippen LogP contribution in [0.4, 0.5) is 0 Å². The molecule has 0 radical (unpaired) electrons. The average Bonchev–Trinajstić information content (AvgIpc) is 2.99. The van der Waals surface area contributed by atoms with E-state index in [9.17, 15) is 4.79 Å². The van der Waals surface area contributed by atoms with E-state index in [2.05, 4.69) is 32.2 Å². The molecule has 2 rings (SSSR count). The van der Waals surface area contributed by atoms with Gasteiger partial charge in [0.2, 0.25) is 5.91 Å². The minimum Gasteiger partial charge on any atom is -0.493 e. The third kappa shape index (κ3) is 5.23. The molecule has 1 amide bonds. The van der Waals surface area contributed by atoms with Gasteiger partial charge >= 0.3 is 0 Å². The van der Waals surface area contributed by atoms with Crippen LogP contribution in [0.1, 0.15) is 64.5 Å². The Bertz CT molecular complexity index is 530. The molecule has 3 atom stereocenters. The van der Waals surface area contributed by atoms with Gasteiger partial charge in [0, 0.05) is 17.5 Å². The van der Waals surface area contributed by atoms with Gasteiger partial charge in [0.15, 0.2) is 0 Å². The number of rotatable bonds is 8. The average molecular weight is 332 g/mol. The van der Waals surface area contributed by atoms with Crippen molar-refractivity contribution in [3.8, 4) is 5.75 Å². The third-order valence-corrected chi connectivity index (χ3v) is 4.62. The van der Waals surface area contributed by atoms with Gasteiger partial charge in [0.05, 0.1) is 12.6 Å². The van der Waals surface area contributed by atoms with Gasteiger partial charge in [-0.05, 0) is 44.1 Å². The molecule has 0 aliphatic heterocycles. The number of carbonyl (C=O) groups is 1. The second-order valence-electron chi connectivity index (χ2n) is 7.35. The van der Waals surface area contributed by atoms with Crippen LogP contribution in [0.25, 0.3) is 0 Å². The summed E-state index contributed by atoms with van der Waals surface area (Å²) in [6.07, 6.45) is 4.51. The van der Waals surface area contributed by atoms with E-state index in [1.54, 1.807) is 0 Å². The van der Waals surface area contributed by atoms with Crippen LogP contribution in [0.15, 0.2) is 24.3 Å². The minimum absolute atomic E-state index is 0.0117. The molecule has 4 heteroatoms. The first-order chi connectivity index (χ1) is 11.5. The summed E-state index contributed by atoms with van der Waals surface area (Å²) in [6.45, 7) is 7.15. The third-order valence-electron chi connectivity index (χ3n) is 4.62. The fraction of sp³-hybridized carbons (Fsp3) is 0.650. The van der Waals surface area contributed by atoms with Gasteiger partial charge in [-0.15, -0.1) is 0 Å². The van der Waals surface area contributed by atoms with Crippen molar-refractivity contribution in [2.24, 2.45) is 17.6 Å². The van der Waals surface area contributed by atoms with E-state index in [1.165, 1.54) is 0 Å². The molecule has 0 spiro atoms. The summed E-state index contributed by atoms with van der Waals surface area (Å²) >= 11 is 0. The van der Waals surface area contributed by atoms with Crippen molar-refractivity contribution in [2.75, 3.05) is 6.61 Å². The van der Waals surface area contributed by atoms with Crippen molar-refractivity contribution in [3.05, 3.63) is 29.8 Å². The molecule has 0 aromatic heterocycles. The van der Waals surface area contributed by atoms with E-state index in [0.717, 1.165) is 43.4 Å². The number of amides is 1. The number of carbonyl (C=O) groups excluding carboxylic acids is 1. The van der Waals surface area contributed by atoms with Crippen LogP contribution in [0, 0.1) is 11.8 Å². The highest BCUT2D eigenvalue weighted by molar-refractivity contribution is 5.79. The molecule has 1 aliphatic carbocycles. The van der Waals surface area contributed by atoms with E-state index in [1.807, 2.05) is 18.2 Å². The molecule has 134 valence electrons. The second-order valence-corrected chi connectivity index (χ2v) is 7.35. The number of para-hydroxylation sites is 1. The quantitative estimate of drug-likeness (QED) is 0.761. The molecular weight excluding hydrogens is 300 g/mol. The van der Waals surface area contributed by atoms with Gasteiger partial charge in [-0.3, -0.25) is 4.79 Å². The van der Waals surface area contributed by atoms with Gasteiger partial charge in [0.1, 0.15) is 5.75 Å². The molecule has 24 heavy (non-hydrogen) atoms. The molecule has 1 aromatic carbocycles. The highest BCUT2D eigenvalue weighted by atomic mass is 16.5. The van der Waals surface area contributed by atoms with Crippen LogP contribution in [0.2, 0.25) is 0 Å². The largest absolute Gasteiger partial charge is 0.493 e. The standard InChI is InChI=1S/C20H32N2O2/c1-4-11-24-19-8-6-5-7-17(19)18(12-14(2)3)22-20(23)15-9-10-16(21)13-15/h5-8,14-16,18H,4,9-13,21H2,1-3H3,(H,22,23). The lowest BCUT2D eigenvalue weighted by atomic mass is 9.95. The van der Waals surface area contributed by atoms with Gasteiger partial charge < -0.3 is 15.8 Å². The zero-order valence-corrected chi connectivity index (χ0v) is 15.3. The van der Waals surface area contributed by atoms with E-state index in [-0.39, 0.29) is 23.9 Å². The molecule has 0 saturated heterocycles. The maximum atomic E-state index is 12.7. The van der Waals surface area contributed by atoms with Gasteiger partial charge in [-0.1, -0.05) is 39.0 Å². The highest BCUT2D eigenvalue weighted by Gasteiger charge is 2.30. The number of hydrogen-bond acceptors (Lipinski definition) is 3. The summed E-state index contributed by atoms with van der Waals surface area (Å²) < 4.78 is 5.90. The van der Waals surface area contributed by atoms with Gasteiger partial charge in [-0.25, -0.2) is 0 Å². The Morgan fingerprint density at radius 1 is 1.33 bits per heavy atom. The first-order valence-electron chi connectivity index (χ1n) is 9.28. The van der Waals surface area contributed by atoms with Crippen molar-refractivity contribution >= 4 is 5.91 Å². The topological polar surface area (TPSA) is 64.3 Å². The summed E-state index contributed by atoms with van der Waals surface area (Å²) in [5.41, 5.74) is 7.04. The fourth-order valence-corrected chi connectivity index (χ4v) is 3.39. The Morgan fingerprint density at radius 2 is 2.08 bits per heavy atom. The lowest BCUT2D eigenvalue weighted by molar-refractivity contribution is -0.125. The molecule has 1 aliphatic rings. The normalized spacial score (nSPS) is 21.7. The molecule has 0 heterocycles. The number of nitrogens with two attached hydrogens (primary N) is 1. The molecular formula is C20H32N2O2. The number of benzene rings is 1. The van der Waals surface area contributed by atoms with Crippen molar-refractivity contribution < 1.29 is 9.53 Å². The van der Waals surface area contributed by atoms with E-state index in [0.29, 0.717) is 12.5 Å². The van der Waals surface area contributed by atoms with Crippen molar-refractivity contribution in [1.82, 2.24) is 5.32 Å². The predicted octanol–water partition coefficient (Wildman–Crippen LogP) is 3.81. The zero-order chi connectivity index (χ0) is 17.5. The monoisotopic (exact) mass is 332 g/mol. The van der Waals surface area contributed by atoms with Gasteiger partial charge in [0.25, 0.3) is 0 Å². The molecule has 1 aromatic rings. The molecule has 1 saturated carbocycles. The predicted molar refractivity (Wildman–Crippen MR) is 97.9 cm³/mol. The van der Waals surface area contributed by atoms with Crippen LogP contribution in [0.5, 0.6) is 5.75 Å². The highest BCUT2D eigenvalue weighted by Crippen LogP contribution is 2.31. The van der Waals surface area contributed by atoms with Crippen LogP contribution < -0.4 is 15.8 Å². The van der Waals surface area contributed by atoms with Crippen molar-refractivity contribution in [3.63, 3.8) is 0 Å². The van der Waals surface area contributed by atoms with E-state index >= 15 is 0 Å². The SMILES string of the molecule is CCCOc1ccccc1C(CC(C)C)NC(=O)C1CCC(N)C1. The minimum atomic E-state index is -0.0117. The summed E-state index contributed by atoms with van der Waals surface area (Å²) in [5.74, 6) is 1.56. The first-order valence-corrected chi connectivity index (χ1v) is 9.28. The van der Waals surface area contributed by atoms with E-state index in [4.69, 9.17) is 10.5 Å². The number of ether oxygens (including phenoxy) is 1. The summed E-state index contributed by atoms with van der Waals surface area (Å²) in [4.78, 5) is 12.7. The summed E-state index contributed by atoms with van der Waals surface area (Å²) in [7, 11) is 0. The molecule has 3 unspecified atom stereocenters. The Hall–Kier alpha value is -1.55. The Labute approximate surface area is 146 Å². The van der Waals surface area contributed by atoms with Crippen LogP contribution >= 0.6 is 0 Å². The zero-order valence-electron chi connectivity index (χ0n) is 15.3. The Balaban J connectivity index is 2.14. The fourth-order valence-electron chi connectivity index (χ4n) is 3.39. The smallest absolute Gasteiger partial charge is 0.223 e. The first kappa shape index (κ1) is 18.8. The van der Waals surface area contributed by atoms with Gasteiger partial charge in [-0.2, -0.15) is 0 Å². The summed E-state index contributed by atoms with van der Waals surface area (Å²) in [5, 5.41) is 3.27. The van der Waals surface area contributed by atoms with E-state index < -0.39 is 0 Å². The molecule has 0 bridgehead atoms. The summed E-state index contributed by atoms with van der Waals surface area (Å²) in [6, 6.07) is 8.22. The second kappa shape index (κ2) is 9.07. The lowest BCUT2D eigenvalue weighted by Gasteiger charge is -2.25. The number of nitrogens with one attached hydrogen (secondary N) is 1. The van der Waals surface area contributed by atoms with Crippen LogP contribution in [0.3, 0.4) is 0 Å². The van der Waals surface area contributed by atoms with Crippen molar-refractivity contribution in [1.29, 1.82) is 0 Å². The molecule has 4 nitrogen and oxygen atoms in total. The Kier molecular flexibility index (Phi) is 7.10. The lowest BCUT2D eigenvalue weighted by Crippen LogP contribution is -2.34. The molecule has 1 fully saturated rings. The van der Waals surface area contributed by atoms with Crippen LogP contribution in [-0.2, 0) is 4.79 Å². The van der Waals surface area contributed by atoms with Crippen molar-refractivity contribution in [2.45, 2.75) is 65.0 Å².